The summed E-state index contributed by atoms with van der Waals surface area (Å²) in [6.07, 6.45) is 54.5. The van der Waals surface area contributed by atoms with E-state index >= 15 is 0 Å². The molecule has 0 aromatic heterocycles. The number of carboxylic acid groups (broad SMARTS) is 1. The van der Waals surface area contributed by atoms with E-state index in [0.29, 0.717) is 19.3 Å². The lowest BCUT2D eigenvalue weighted by atomic mass is 9.98. The number of carbonyl (C=O) groups excluding carboxylic acids is 3. The van der Waals surface area contributed by atoms with E-state index in [1.54, 1.807) is 0 Å². The number of aliphatic hydroxyl groups is 2. The van der Waals surface area contributed by atoms with Crippen LogP contribution in [0.3, 0.4) is 0 Å². The van der Waals surface area contributed by atoms with Gasteiger partial charge in [-0.3, -0.25) is 14.4 Å². The van der Waals surface area contributed by atoms with Crippen molar-refractivity contribution in [3.8, 4) is 0 Å². The Hall–Kier alpha value is -3.84. The van der Waals surface area contributed by atoms with Gasteiger partial charge in [0.1, 0.15) is 18.8 Å². The molecule has 0 amide bonds. The van der Waals surface area contributed by atoms with E-state index in [2.05, 4.69) is 93.7 Å². The molecule has 1 heterocycles. The Labute approximate surface area is 468 Å². The summed E-state index contributed by atoms with van der Waals surface area (Å²) in [4.78, 5) is 51.1. The number of ether oxygens (including phenoxy) is 5. The SMILES string of the molecule is CC/C=C\C/C=C\C/C=C\C/C=C\CCCCCCCCC(=O)OC1C(OCC(COC(=O)CCCCCCCCCCC/C=C\C/C=C\CCCCC)OC(=O)CCCCCCCCCCC)OC(C(=O)O)C(O)C1O. The van der Waals surface area contributed by atoms with E-state index < -0.39 is 67.3 Å². The summed E-state index contributed by atoms with van der Waals surface area (Å²) in [5.74, 6) is -3.13. The van der Waals surface area contributed by atoms with Gasteiger partial charge < -0.3 is 39.0 Å². The van der Waals surface area contributed by atoms with Crippen LogP contribution >= 0.6 is 0 Å². The number of hydrogen-bond acceptors (Lipinski definition) is 11. The molecule has 1 saturated heterocycles. The highest BCUT2D eigenvalue weighted by Crippen LogP contribution is 2.26. The third-order valence-corrected chi connectivity index (χ3v) is 13.8. The van der Waals surface area contributed by atoms with Gasteiger partial charge in [0.2, 0.25) is 0 Å². The fourth-order valence-electron chi connectivity index (χ4n) is 9.04. The quantitative estimate of drug-likeness (QED) is 0.0228. The number of aliphatic carboxylic acids is 1. The summed E-state index contributed by atoms with van der Waals surface area (Å²) < 4.78 is 28.4. The van der Waals surface area contributed by atoms with Crippen molar-refractivity contribution in [1.29, 1.82) is 0 Å². The van der Waals surface area contributed by atoms with Crippen LogP contribution in [-0.4, -0.2) is 89.2 Å². The molecule has 0 radical (unpaired) electrons. The summed E-state index contributed by atoms with van der Waals surface area (Å²) in [7, 11) is 0. The highest BCUT2D eigenvalue weighted by molar-refractivity contribution is 5.74. The van der Waals surface area contributed by atoms with Crippen molar-refractivity contribution in [2.45, 2.75) is 302 Å². The molecule has 1 aliphatic heterocycles. The number of rotatable bonds is 52. The van der Waals surface area contributed by atoms with Gasteiger partial charge in [0.25, 0.3) is 0 Å². The number of allylic oxidation sites excluding steroid dienone is 12. The summed E-state index contributed by atoms with van der Waals surface area (Å²) in [6, 6.07) is 0. The van der Waals surface area contributed by atoms with E-state index in [1.165, 1.54) is 89.9 Å². The first-order valence-corrected chi connectivity index (χ1v) is 30.9. The first-order valence-electron chi connectivity index (χ1n) is 30.9. The summed E-state index contributed by atoms with van der Waals surface area (Å²) in [5, 5.41) is 31.5. The van der Waals surface area contributed by atoms with Crippen LogP contribution in [0.5, 0.6) is 0 Å². The molecule has 0 aromatic carbocycles. The van der Waals surface area contributed by atoms with Gasteiger partial charge in [0, 0.05) is 19.3 Å². The molecule has 0 saturated carbocycles. The Morgan fingerprint density at radius 1 is 0.442 bits per heavy atom. The van der Waals surface area contributed by atoms with Crippen LogP contribution in [0.4, 0.5) is 0 Å². The minimum Gasteiger partial charge on any atom is -0.479 e. The minimum absolute atomic E-state index is 0.0433. The van der Waals surface area contributed by atoms with E-state index in [0.717, 1.165) is 116 Å². The zero-order chi connectivity index (χ0) is 56.1. The Bertz CT molecular complexity index is 1620. The first-order chi connectivity index (χ1) is 37.6. The maximum absolute atomic E-state index is 13.1. The average molecular weight is 1080 g/mol. The van der Waals surface area contributed by atoms with Crippen molar-refractivity contribution in [3.63, 3.8) is 0 Å². The first kappa shape index (κ1) is 71.2. The van der Waals surface area contributed by atoms with Crippen LogP contribution in [0.15, 0.2) is 72.9 Å². The summed E-state index contributed by atoms with van der Waals surface area (Å²) in [5.41, 5.74) is 0. The van der Waals surface area contributed by atoms with Crippen molar-refractivity contribution in [3.05, 3.63) is 72.9 Å². The third kappa shape index (κ3) is 42.7. The highest BCUT2D eigenvalue weighted by atomic mass is 16.7. The molecule has 12 nitrogen and oxygen atoms in total. The van der Waals surface area contributed by atoms with Gasteiger partial charge in [0.05, 0.1) is 6.61 Å². The third-order valence-electron chi connectivity index (χ3n) is 13.8. The van der Waals surface area contributed by atoms with Crippen molar-refractivity contribution in [1.82, 2.24) is 0 Å². The predicted molar refractivity (Wildman–Crippen MR) is 312 cm³/mol. The monoisotopic (exact) mass is 1080 g/mol. The van der Waals surface area contributed by atoms with Crippen LogP contribution in [-0.2, 0) is 42.9 Å². The number of hydrogen-bond donors (Lipinski definition) is 3. The molecule has 6 atom stereocenters. The maximum atomic E-state index is 13.1. The Morgan fingerprint density at radius 3 is 1.27 bits per heavy atom. The molecule has 1 aliphatic rings. The van der Waals surface area contributed by atoms with Gasteiger partial charge in [-0.05, 0) is 89.9 Å². The van der Waals surface area contributed by atoms with Crippen LogP contribution in [0.2, 0.25) is 0 Å². The van der Waals surface area contributed by atoms with Gasteiger partial charge in [-0.15, -0.1) is 0 Å². The number of carboxylic acids is 1. The fraction of sp³-hybridized carbons (Fsp3) is 0.754. The van der Waals surface area contributed by atoms with Crippen molar-refractivity contribution in [2.24, 2.45) is 0 Å². The molecule has 0 spiro atoms. The van der Waals surface area contributed by atoms with E-state index in [9.17, 15) is 34.5 Å². The molecule has 0 aromatic rings. The zero-order valence-corrected chi connectivity index (χ0v) is 48.7. The molecule has 3 N–H and O–H groups in total. The second kappa shape index (κ2) is 52.8. The standard InChI is InChI=1S/C65H110O12/c1-4-7-10-13-16-19-21-23-25-27-29-31-33-35-37-40-42-45-48-51-57(66)73-54-56(75-58(67)52-49-46-43-39-18-15-12-9-6-3)55-74-65-63(61(70)60(69)62(77-65)64(71)72)76-59(68)53-50-47-44-41-38-36-34-32-30-28-26-24-22-20-17-14-11-8-5-2/h8,11,16-17,19-20,23-26,30,32,56,60-63,65,69-70H,4-7,9-10,12-15,18,21-22,27-29,31,33-55H2,1-3H3,(H,71,72)/b11-8-,19-16-,20-17-,25-23-,26-24-,32-30-. The fourth-order valence-corrected chi connectivity index (χ4v) is 9.04. The molecule has 0 aliphatic carbocycles. The topological polar surface area (TPSA) is 175 Å². The number of aliphatic hydroxyl groups excluding tert-OH is 2. The molecule has 442 valence electrons. The largest absolute Gasteiger partial charge is 0.479 e. The smallest absolute Gasteiger partial charge is 0.335 e. The molecule has 77 heavy (non-hydrogen) atoms. The van der Waals surface area contributed by atoms with Crippen LogP contribution in [0.25, 0.3) is 0 Å². The van der Waals surface area contributed by atoms with Crippen molar-refractivity contribution in [2.75, 3.05) is 13.2 Å². The molecule has 12 heteroatoms. The lowest BCUT2D eigenvalue weighted by Gasteiger charge is -2.40. The number of carbonyl (C=O) groups is 4. The molecule has 0 bridgehead atoms. The van der Waals surface area contributed by atoms with Gasteiger partial charge in [0.15, 0.2) is 24.6 Å². The number of esters is 3. The van der Waals surface area contributed by atoms with Crippen molar-refractivity contribution >= 4 is 23.9 Å². The zero-order valence-electron chi connectivity index (χ0n) is 48.7. The average Bonchev–Trinajstić information content (AvgIpc) is 3.42. The van der Waals surface area contributed by atoms with E-state index in [1.807, 2.05) is 0 Å². The highest BCUT2D eigenvalue weighted by Gasteiger charge is 2.50. The van der Waals surface area contributed by atoms with E-state index in [4.69, 9.17) is 23.7 Å². The van der Waals surface area contributed by atoms with Gasteiger partial charge in [-0.25, -0.2) is 4.79 Å². The maximum Gasteiger partial charge on any atom is 0.335 e. The van der Waals surface area contributed by atoms with Crippen LogP contribution < -0.4 is 0 Å². The minimum atomic E-state index is -1.91. The summed E-state index contributed by atoms with van der Waals surface area (Å²) in [6.45, 7) is 5.84. The lowest BCUT2D eigenvalue weighted by molar-refractivity contribution is -0.301. The van der Waals surface area contributed by atoms with Gasteiger partial charge in [-0.1, -0.05) is 229 Å². The predicted octanol–water partition coefficient (Wildman–Crippen LogP) is 16.1. The second-order valence-corrected chi connectivity index (χ2v) is 21.0. The van der Waals surface area contributed by atoms with Crippen LogP contribution in [0, 0.1) is 0 Å². The molecule has 1 fully saturated rings. The van der Waals surface area contributed by atoms with Crippen molar-refractivity contribution < 1.29 is 58.2 Å². The Kier molecular flexibility index (Phi) is 48.8. The second-order valence-electron chi connectivity index (χ2n) is 21.0. The Morgan fingerprint density at radius 2 is 0.818 bits per heavy atom. The lowest BCUT2D eigenvalue weighted by Crippen LogP contribution is -2.61. The van der Waals surface area contributed by atoms with Crippen LogP contribution in [0.1, 0.15) is 265 Å². The molecular weight excluding hydrogens is 973 g/mol. The molecule has 6 unspecified atom stereocenters. The molecule has 1 rings (SSSR count). The van der Waals surface area contributed by atoms with E-state index in [-0.39, 0.29) is 25.9 Å². The van der Waals surface area contributed by atoms with Gasteiger partial charge >= 0.3 is 23.9 Å². The number of unbranched alkanes of at least 4 members (excludes halogenated alkanes) is 26. The Balaban J connectivity index is 2.61. The van der Waals surface area contributed by atoms with Gasteiger partial charge in [-0.2, -0.15) is 0 Å². The molecular formula is C65H110O12. The normalized spacial score (nSPS) is 18.5. The summed E-state index contributed by atoms with van der Waals surface area (Å²) >= 11 is 0.